The largest absolute Gasteiger partial charge is 0.443 e. The molecule has 0 bridgehead atoms. The lowest BCUT2D eigenvalue weighted by Crippen LogP contribution is -2.26. The molecule has 0 aliphatic heterocycles. The Labute approximate surface area is 90.7 Å². The second-order valence-corrected chi connectivity index (χ2v) is 2.98. The molecule has 0 saturated heterocycles. The summed E-state index contributed by atoms with van der Waals surface area (Å²) in [4.78, 5) is 11.6. The molecule has 0 atom stereocenters. The van der Waals surface area contributed by atoms with Crippen LogP contribution in [-0.4, -0.2) is 16.9 Å². The van der Waals surface area contributed by atoms with Crippen molar-refractivity contribution in [2.24, 2.45) is 27.2 Å². The van der Waals surface area contributed by atoms with Gasteiger partial charge in [-0.2, -0.15) is 4.99 Å². The van der Waals surface area contributed by atoms with Gasteiger partial charge in [0.15, 0.2) is 17.9 Å². The van der Waals surface area contributed by atoms with Gasteiger partial charge in [0.25, 0.3) is 0 Å². The summed E-state index contributed by atoms with van der Waals surface area (Å²) in [5.74, 6) is -0.177. The molecule has 0 unspecified atom stereocenters. The van der Waals surface area contributed by atoms with Gasteiger partial charge in [0.2, 0.25) is 5.96 Å². The zero-order chi connectivity index (χ0) is 11.5. The van der Waals surface area contributed by atoms with Crippen molar-refractivity contribution in [1.29, 1.82) is 0 Å². The Morgan fingerprint density at radius 3 is 2.81 bits per heavy atom. The Balaban J connectivity index is 2.48. The van der Waals surface area contributed by atoms with E-state index in [-0.39, 0.29) is 11.9 Å². The van der Waals surface area contributed by atoms with Crippen molar-refractivity contribution in [3.8, 4) is 0 Å². The standard InChI is InChI=1S/C9H10N6O/c10-8(11)15-9(12)14-5-2-1-3-6-7(5)13-4-16-6/h1-4H,(H6,10,11,12,14,15). The number of hydrogen-bond acceptors (Lipinski definition) is 3. The molecule has 16 heavy (non-hydrogen) atoms. The van der Waals surface area contributed by atoms with E-state index in [2.05, 4.69) is 15.0 Å². The fourth-order valence-corrected chi connectivity index (χ4v) is 1.24. The first-order chi connectivity index (χ1) is 7.66. The van der Waals surface area contributed by atoms with Crippen LogP contribution in [0.5, 0.6) is 0 Å². The number of para-hydroxylation sites is 1. The molecule has 0 spiro atoms. The number of guanidine groups is 2. The number of fused-ring (bicyclic) bond motifs is 1. The average Bonchev–Trinajstić information content (AvgIpc) is 2.65. The average molecular weight is 218 g/mol. The minimum atomic E-state index is -0.145. The third-order valence-electron chi connectivity index (χ3n) is 1.82. The molecule has 6 N–H and O–H groups in total. The molecular weight excluding hydrogens is 208 g/mol. The number of benzene rings is 1. The molecule has 2 rings (SSSR count). The normalized spacial score (nSPS) is 11.6. The minimum absolute atomic E-state index is 0.0319. The summed E-state index contributed by atoms with van der Waals surface area (Å²) in [5.41, 5.74) is 17.6. The number of hydrogen-bond donors (Lipinski definition) is 3. The third kappa shape index (κ3) is 1.92. The van der Waals surface area contributed by atoms with Crippen molar-refractivity contribution in [2.75, 3.05) is 0 Å². The SMILES string of the molecule is NC(N)=NC(N)=Nc1cccc2ocnc12. The van der Waals surface area contributed by atoms with Crippen LogP contribution in [0.2, 0.25) is 0 Å². The molecule has 7 heteroatoms. The lowest BCUT2D eigenvalue weighted by Gasteiger charge is -1.96. The van der Waals surface area contributed by atoms with Gasteiger partial charge in [-0.3, -0.25) is 0 Å². The van der Waals surface area contributed by atoms with E-state index in [1.165, 1.54) is 6.39 Å². The summed E-state index contributed by atoms with van der Waals surface area (Å²) in [6, 6.07) is 5.28. The number of nitrogens with two attached hydrogens (primary N) is 3. The summed E-state index contributed by atoms with van der Waals surface area (Å²) in [5, 5.41) is 0. The molecule has 1 aromatic heterocycles. The number of oxazole rings is 1. The molecular formula is C9H10N6O. The highest BCUT2D eigenvalue weighted by Crippen LogP contribution is 2.23. The van der Waals surface area contributed by atoms with Crippen LogP contribution >= 0.6 is 0 Å². The van der Waals surface area contributed by atoms with Crippen LogP contribution in [0.1, 0.15) is 0 Å². The van der Waals surface area contributed by atoms with Gasteiger partial charge in [-0.05, 0) is 12.1 Å². The predicted octanol–water partition coefficient (Wildman–Crippen LogP) is 0.0474. The zero-order valence-corrected chi connectivity index (χ0v) is 8.29. The van der Waals surface area contributed by atoms with Crippen LogP contribution in [0, 0.1) is 0 Å². The lowest BCUT2D eigenvalue weighted by molar-refractivity contribution is 0.602. The smallest absolute Gasteiger partial charge is 0.223 e. The summed E-state index contributed by atoms with van der Waals surface area (Å²) < 4.78 is 5.11. The highest BCUT2D eigenvalue weighted by atomic mass is 16.3. The van der Waals surface area contributed by atoms with Crippen LogP contribution in [-0.2, 0) is 0 Å². The number of aliphatic imine (C=N–C) groups is 2. The van der Waals surface area contributed by atoms with Gasteiger partial charge < -0.3 is 21.6 Å². The van der Waals surface area contributed by atoms with Gasteiger partial charge in [-0.25, -0.2) is 9.98 Å². The topological polar surface area (TPSA) is 129 Å². The molecule has 1 aromatic carbocycles. The second-order valence-electron chi connectivity index (χ2n) is 2.98. The molecule has 0 saturated carbocycles. The van der Waals surface area contributed by atoms with E-state index >= 15 is 0 Å². The van der Waals surface area contributed by atoms with Gasteiger partial charge in [0, 0.05) is 0 Å². The quantitative estimate of drug-likeness (QED) is 0.460. The van der Waals surface area contributed by atoms with Crippen molar-refractivity contribution < 1.29 is 4.42 Å². The van der Waals surface area contributed by atoms with Gasteiger partial charge >= 0.3 is 0 Å². The van der Waals surface area contributed by atoms with Crippen molar-refractivity contribution in [2.45, 2.75) is 0 Å². The summed E-state index contributed by atoms with van der Waals surface area (Å²) in [6.45, 7) is 0. The van der Waals surface area contributed by atoms with Crippen molar-refractivity contribution in [3.05, 3.63) is 24.6 Å². The van der Waals surface area contributed by atoms with Crippen molar-refractivity contribution in [3.63, 3.8) is 0 Å². The van der Waals surface area contributed by atoms with Gasteiger partial charge in [-0.1, -0.05) is 6.07 Å². The summed E-state index contributed by atoms with van der Waals surface area (Å²) in [7, 11) is 0. The Kier molecular flexibility index (Phi) is 2.42. The molecule has 0 aliphatic rings. The van der Waals surface area contributed by atoms with Gasteiger partial charge in [0.05, 0.1) is 5.69 Å². The number of nitrogens with zero attached hydrogens (tertiary/aromatic N) is 3. The number of rotatable bonds is 1. The van der Waals surface area contributed by atoms with E-state index in [0.717, 1.165) is 0 Å². The first-order valence-corrected chi connectivity index (χ1v) is 4.43. The van der Waals surface area contributed by atoms with E-state index in [9.17, 15) is 0 Å². The van der Waals surface area contributed by atoms with Crippen LogP contribution < -0.4 is 17.2 Å². The fourth-order valence-electron chi connectivity index (χ4n) is 1.24. The first kappa shape index (κ1) is 9.97. The second kappa shape index (κ2) is 3.89. The maximum absolute atomic E-state index is 5.51. The summed E-state index contributed by atoms with van der Waals surface area (Å²) in [6.07, 6.45) is 1.33. The maximum Gasteiger partial charge on any atom is 0.223 e. The molecule has 1 heterocycles. The van der Waals surface area contributed by atoms with Crippen LogP contribution in [0.15, 0.2) is 39.0 Å². The minimum Gasteiger partial charge on any atom is -0.443 e. The monoisotopic (exact) mass is 218 g/mol. The summed E-state index contributed by atoms with van der Waals surface area (Å²) >= 11 is 0. The Bertz CT molecular complexity index is 566. The molecule has 82 valence electrons. The molecule has 2 aromatic rings. The van der Waals surface area contributed by atoms with Crippen molar-refractivity contribution >= 4 is 28.7 Å². The maximum atomic E-state index is 5.51. The van der Waals surface area contributed by atoms with Crippen LogP contribution in [0.3, 0.4) is 0 Å². The Morgan fingerprint density at radius 1 is 1.25 bits per heavy atom. The highest BCUT2D eigenvalue weighted by Gasteiger charge is 2.03. The van der Waals surface area contributed by atoms with Crippen LogP contribution in [0.25, 0.3) is 11.1 Å². The Hall–Kier alpha value is -2.57. The molecule has 0 fully saturated rings. The highest BCUT2D eigenvalue weighted by molar-refractivity contribution is 5.96. The van der Waals surface area contributed by atoms with Gasteiger partial charge in [-0.15, -0.1) is 0 Å². The zero-order valence-electron chi connectivity index (χ0n) is 8.29. The number of aromatic nitrogens is 1. The van der Waals surface area contributed by atoms with E-state index in [1.54, 1.807) is 18.2 Å². The van der Waals surface area contributed by atoms with Crippen LogP contribution in [0.4, 0.5) is 5.69 Å². The van der Waals surface area contributed by atoms with Gasteiger partial charge in [0.1, 0.15) is 5.52 Å². The van der Waals surface area contributed by atoms with E-state index in [1.807, 2.05) is 0 Å². The molecule has 0 amide bonds. The van der Waals surface area contributed by atoms with Crippen molar-refractivity contribution in [1.82, 2.24) is 4.98 Å². The van der Waals surface area contributed by atoms with E-state index < -0.39 is 0 Å². The first-order valence-electron chi connectivity index (χ1n) is 4.43. The molecule has 0 aliphatic carbocycles. The molecule has 0 radical (unpaired) electrons. The predicted molar refractivity (Wildman–Crippen MR) is 61.1 cm³/mol. The van der Waals surface area contributed by atoms with E-state index in [0.29, 0.717) is 16.8 Å². The fraction of sp³-hybridized carbons (Fsp3) is 0. The van der Waals surface area contributed by atoms with E-state index in [4.69, 9.17) is 21.6 Å². The lowest BCUT2D eigenvalue weighted by atomic mass is 10.3. The molecule has 7 nitrogen and oxygen atoms in total. The Morgan fingerprint density at radius 2 is 2.06 bits per heavy atom. The third-order valence-corrected chi connectivity index (χ3v) is 1.82.